The number of nitrogens with two attached hydrogens (primary N) is 1. The summed E-state index contributed by atoms with van der Waals surface area (Å²) in [5.74, 6) is 6.58. The molecule has 1 aromatic rings. The van der Waals surface area contributed by atoms with E-state index >= 15 is 0 Å². The van der Waals surface area contributed by atoms with Crippen LogP contribution in [0.25, 0.3) is 0 Å². The van der Waals surface area contributed by atoms with Gasteiger partial charge in [-0.25, -0.2) is 0 Å². The van der Waals surface area contributed by atoms with Crippen LogP contribution in [-0.2, 0) is 0 Å². The van der Waals surface area contributed by atoms with E-state index < -0.39 is 0 Å². The standard InChI is InChI=1S/C13H19ClN2/c1-9-8-11(14)5-6-12(9)13(16-15)7-4-10-2-3-10/h5-6,8,10,13,16H,2-4,7,15H2,1H3. The Morgan fingerprint density at radius 2 is 2.25 bits per heavy atom. The Balaban J connectivity index is 2.05. The van der Waals surface area contributed by atoms with Crippen molar-refractivity contribution in [3.05, 3.63) is 34.3 Å². The van der Waals surface area contributed by atoms with Crippen molar-refractivity contribution in [2.75, 3.05) is 0 Å². The second-order valence-electron chi connectivity index (χ2n) is 4.74. The van der Waals surface area contributed by atoms with Crippen molar-refractivity contribution in [1.82, 2.24) is 5.43 Å². The molecule has 0 aromatic heterocycles. The molecule has 1 atom stereocenters. The predicted octanol–water partition coefficient (Wildman–Crippen LogP) is 3.34. The highest BCUT2D eigenvalue weighted by Gasteiger charge is 2.23. The Kier molecular flexibility index (Phi) is 3.85. The molecule has 1 saturated carbocycles. The van der Waals surface area contributed by atoms with Crippen molar-refractivity contribution in [3.63, 3.8) is 0 Å². The maximum Gasteiger partial charge on any atom is 0.0462 e. The first-order valence-corrected chi connectivity index (χ1v) is 6.30. The summed E-state index contributed by atoms with van der Waals surface area (Å²) in [4.78, 5) is 0. The predicted molar refractivity (Wildman–Crippen MR) is 68.2 cm³/mol. The van der Waals surface area contributed by atoms with E-state index in [4.69, 9.17) is 17.4 Å². The Hall–Kier alpha value is -0.570. The monoisotopic (exact) mass is 238 g/mol. The van der Waals surface area contributed by atoms with E-state index in [1.54, 1.807) is 0 Å². The van der Waals surface area contributed by atoms with Gasteiger partial charge in [0.15, 0.2) is 0 Å². The molecule has 1 aromatic carbocycles. The first-order chi connectivity index (χ1) is 7.70. The molecule has 0 bridgehead atoms. The van der Waals surface area contributed by atoms with E-state index in [0.29, 0.717) is 0 Å². The van der Waals surface area contributed by atoms with Gasteiger partial charge in [-0.05, 0) is 48.9 Å². The molecule has 0 heterocycles. The van der Waals surface area contributed by atoms with Gasteiger partial charge in [0, 0.05) is 11.1 Å². The van der Waals surface area contributed by atoms with Gasteiger partial charge in [0.25, 0.3) is 0 Å². The minimum Gasteiger partial charge on any atom is -0.271 e. The number of halogens is 1. The van der Waals surface area contributed by atoms with Crippen LogP contribution >= 0.6 is 11.6 Å². The van der Waals surface area contributed by atoms with E-state index in [-0.39, 0.29) is 6.04 Å². The number of hydrogen-bond acceptors (Lipinski definition) is 2. The lowest BCUT2D eigenvalue weighted by atomic mass is 9.97. The molecule has 0 amide bonds. The molecular weight excluding hydrogens is 220 g/mol. The zero-order valence-electron chi connectivity index (χ0n) is 9.67. The molecular formula is C13H19ClN2. The topological polar surface area (TPSA) is 38.0 Å². The lowest BCUT2D eigenvalue weighted by Gasteiger charge is -2.18. The molecule has 1 unspecified atom stereocenters. The summed E-state index contributed by atoms with van der Waals surface area (Å²) in [5, 5.41) is 0.791. The van der Waals surface area contributed by atoms with Crippen LogP contribution in [0.5, 0.6) is 0 Å². The van der Waals surface area contributed by atoms with Gasteiger partial charge in [0.05, 0.1) is 0 Å². The second-order valence-corrected chi connectivity index (χ2v) is 5.18. The average Bonchev–Trinajstić information content (AvgIpc) is 3.05. The fourth-order valence-corrected chi connectivity index (χ4v) is 2.39. The normalized spacial score (nSPS) is 17.4. The summed E-state index contributed by atoms with van der Waals surface area (Å²) in [7, 11) is 0. The summed E-state index contributed by atoms with van der Waals surface area (Å²) < 4.78 is 0. The van der Waals surface area contributed by atoms with Crippen LogP contribution in [0, 0.1) is 12.8 Å². The number of rotatable bonds is 5. The summed E-state index contributed by atoms with van der Waals surface area (Å²) in [5.41, 5.74) is 5.40. The summed E-state index contributed by atoms with van der Waals surface area (Å²) in [6.07, 6.45) is 5.19. The maximum atomic E-state index is 5.95. The molecule has 2 nitrogen and oxygen atoms in total. The lowest BCUT2D eigenvalue weighted by Crippen LogP contribution is -2.28. The second kappa shape index (κ2) is 5.17. The Labute approximate surface area is 102 Å². The van der Waals surface area contributed by atoms with Crippen LogP contribution in [0.1, 0.15) is 42.9 Å². The van der Waals surface area contributed by atoms with Crippen molar-refractivity contribution in [3.8, 4) is 0 Å². The number of aryl methyl sites for hydroxylation is 1. The third-order valence-corrected chi connectivity index (χ3v) is 3.60. The van der Waals surface area contributed by atoms with Gasteiger partial charge >= 0.3 is 0 Å². The molecule has 88 valence electrons. The first kappa shape index (κ1) is 11.9. The number of nitrogens with one attached hydrogen (secondary N) is 1. The maximum absolute atomic E-state index is 5.95. The molecule has 1 fully saturated rings. The van der Waals surface area contributed by atoms with E-state index in [2.05, 4.69) is 18.4 Å². The minimum absolute atomic E-state index is 0.262. The van der Waals surface area contributed by atoms with Gasteiger partial charge in [0.1, 0.15) is 0 Å². The summed E-state index contributed by atoms with van der Waals surface area (Å²) >= 11 is 5.95. The molecule has 3 heteroatoms. The van der Waals surface area contributed by atoms with Crippen LogP contribution in [0.3, 0.4) is 0 Å². The largest absolute Gasteiger partial charge is 0.271 e. The molecule has 2 rings (SSSR count). The third kappa shape index (κ3) is 2.97. The van der Waals surface area contributed by atoms with E-state index in [1.807, 2.05) is 12.1 Å². The van der Waals surface area contributed by atoms with Gasteiger partial charge in [-0.2, -0.15) is 0 Å². The molecule has 1 aliphatic carbocycles. The fraction of sp³-hybridized carbons (Fsp3) is 0.538. The Morgan fingerprint density at radius 3 is 2.81 bits per heavy atom. The zero-order chi connectivity index (χ0) is 11.5. The molecule has 3 N–H and O–H groups in total. The van der Waals surface area contributed by atoms with Crippen molar-refractivity contribution in [2.45, 2.75) is 38.6 Å². The fourth-order valence-electron chi connectivity index (χ4n) is 2.17. The summed E-state index contributed by atoms with van der Waals surface area (Å²) in [6.45, 7) is 2.09. The average molecular weight is 239 g/mol. The molecule has 0 spiro atoms. The highest BCUT2D eigenvalue weighted by Crippen LogP contribution is 2.36. The van der Waals surface area contributed by atoms with E-state index in [0.717, 1.165) is 17.4 Å². The first-order valence-electron chi connectivity index (χ1n) is 5.93. The van der Waals surface area contributed by atoms with E-state index in [9.17, 15) is 0 Å². The molecule has 0 aliphatic heterocycles. The van der Waals surface area contributed by atoms with Crippen LogP contribution < -0.4 is 11.3 Å². The number of hydrazine groups is 1. The minimum atomic E-state index is 0.262. The number of benzene rings is 1. The molecule has 1 aliphatic rings. The van der Waals surface area contributed by atoms with Crippen LogP contribution in [0.2, 0.25) is 5.02 Å². The van der Waals surface area contributed by atoms with Crippen molar-refractivity contribution < 1.29 is 0 Å². The van der Waals surface area contributed by atoms with Crippen LogP contribution in [0.15, 0.2) is 18.2 Å². The van der Waals surface area contributed by atoms with Gasteiger partial charge in [-0.1, -0.05) is 30.5 Å². The highest BCUT2D eigenvalue weighted by atomic mass is 35.5. The zero-order valence-corrected chi connectivity index (χ0v) is 10.4. The van der Waals surface area contributed by atoms with Gasteiger partial charge in [0.2, 0.25) is 0 Å². The highest BCUT2D eigenvalue weighted by molar-refractivity contribution is 6.30. The Morgan fingerprint density at radius 1 is 1.50 bits per heavy atom. The van der Waals surface area contributed by atoms with Crippen LogP contribution in [-0.4, -0.2) is 0 Å². The SMILES string of the molecule is Cc1cc(Cl)ccc1C(CCC1CC1)NN. The van der Waals surface area contributed by atoms with Gasteiger partial charge in [-0.15, -0.1) is 0 Å². The quantitative estimate of drug-likeness (QED) is 0.610. The van der Waals surface area contributed by atoms with Gasteiger partial charge < -0.3 is 0 Å². The third-order valence-electron chi connectivity index (χ3n) is 3.37. The Bertz CT molecular complexity index is 361. The number of hydrogen-bond donors (Lipinski definition) is 2. The lowest BCUT2D eigenvalue weighted by molar-refractivity contribution is 0.480. The van der Waals surface area contributed by atoms with Crippen molar-refractivity contribution in [1.29, 1.82) is 0 Å². The van der Waals surface area contributed by atoms with Gasteiger partial charge in [-0.3, -0.25) is 11.3 Å². The van der Waals surface area contributed by atoms with Crippen LogP contribution in [0.4, 0.5) is 0 Å². The molecule has 0 saturated heterocycles. The van der Waals surface area contributed by atoms with E-state index in [1.165, 1.54) is 30.4 Å². The smallest absolute Gasteiger partial charge is 0.0462 e. The van der Waals surface area contributed by atoms with Crippen molar-refractivity contribution in [2.24, 2.45) is 11.8 Å². The summed E-state index contributed by atoms with van der Waals surface area (Å²) in [6, 6.07) is 6.27. The molecule has 0 radical (unpaired) electrons. The molecule has 16 heavy (non-hydrogen) atoms. The van der Waals surface area contributed by atoms with Crippen molar-refractivity contribution >= 4 is 11.6 Å².